The van der Waals surface area contributed by atoms with E-state index in [0.717, 1.165) is 57.8 Å². The van der Waals surface area contributed by atoms with E-state index in [2.05, 4.69) is 44.3 Å². The molecule has 0 saturated carbocycles. The van der Waals surface area contributed by atoms with Crippen molar-refractivity contribution in [2.24, 2.45) is 0 Å². The van der Waals surface area contributed by atoms with Gasteiger partial charge in [0.25, 0.3) is 0 Å². The van der Waals surface area contributed by atoms with Gasteiger partial charge in [0.15, 0.2) is 12.4 Å². The summed E-state index contributed by atoms with van der Waals surface area (Å²) in [6.45, 7) is 5.53. The largest absolute Gasteiger partial charge is 0.454 e. The van der Waals surface area contributed by atoms with Crippen molar-refractivity contribution in [3.8, 4) is 0 Å². The molecule has 70 heavy (non-hydrogen) atoms. The number of hydrogen-bond acceptors (Lipinski definition) is 10. The van der Waals surface area contributed by atoms with E-state index in [1.54, 1.807) is 6.08 Å². The highest BCUT2D eigenvalue weighted by molar-refractivity contribution is 5.80. The fourth-order valence-electron chi connectivity index (χ4n) is 7.73. The summed E-state index contributed by atoms with van der Waals surface area (Å²) in [5.41, 5.74) is 0. The zero-order valence-corrected chi connectivity index (χ0v) is 43.6. The molecule has 1 saturated heterocycles. The van der Waals surface area contributed by atoms with Crippen LogP contribution in [0.25, 0.3) is 0 Å². The van der Waals surface area contributed by atoms with E-state index in [-0.39, 0.29) is 19.4 Å². The zero-order chi connectivity index (χ0) is 51.1. The topological polar surface area (TPSA) is 175 Å². The van der Waals surface area contributed by atoms with Crippen LogP contribution in [0.15, 0.2) is 109 Å². The summed E-state index contributed by atoms with van der Waals surface area (Å²) in [4.78, 5) is 26.3. The smallest absolute Gasteiger partial charge is 0.306 e. The lowest BCUT2D eigenvalue weighted by Gasteiger charge is -2.41. The summed E-state index contributed by atoms with van der Waals surface area (Å²) >= 11 is 0. The van der Waals surface area contributed by atoms with Crippen LogP contribution >= 0.6 is 0 Å². The number of esters is 1. The van der Waals surface area contributed by atoms with Crippen molar-refractivity contribution in [1.82, 2.24) is 5.32 Å². The first-order valence-electron chi connectivity index (χ1n) is 27.2. The van der Waals surface area contributed by atoms with Crippen LogP contribution in [-0.2, 0) is 23.8 Å². The van der Waals surface area contributed by atoms with Gasteiger partial charge < -0.3 is 45.1 Å². The molecule has 1 aliphatic rings. The quantitative estimate of drug-likeness (QED) is 0.0149. The summed E-state index contributed by atoms with van der Waals surface area (Å²) in [5, 5.41) is 56.6. The number of hydrogen-bond donors (Lipinski definition) is 6. The van der Waals surface area contributed by atoms with E-state index in [4.69, 9.17) is 14.2 Å². The average Bonchev–Trinajstić information content (AvgIpc) is 3.36. The number of allylic oxidation sites excluding steroid dienone is 17. The number of unbranched alkanes of at least 4 members (excludes halogenated alkanes) is 18. The molecule has 0 bridgehead atoms. The molecule has 1 amide bonds. The second-order valence-electron chi connectivity index (χ2n) is 18.4. The molecule has 398 valence electrons. The molecule has 0 spiro atoms. The molecule has 1 heterocycles. The molecule has 0 aliphatic carbocycles. The Kier molecular flexibility index (Phi) is 42.6. The summed E-state index contributed by atoms with van der Waals surface area (Å²) < 4.78 is 17.4. The van der Waals surface area contributed by atoms with E-state index >= 15 is 0 Å². The van der Waals surface area contributed by atoms with E-state index in [1.165, 1.54) is 83.5 Å². The molecule has 0 radical (unpaired) electrons. The third-order valence-corrected chi connectivity index (χ3v) is 12.1. The van der Waals surface area contributed by atoms with E-state index < -0.39 is 67.4 Å². The first-order valence-corrected chi connectivity index (χ1v) is 27.2. The Hall–Kier alpha value is -3.68. The molecule has 0 aromatic rings. The van der Waals surface area contributed by atoms with Crippen molar-refractivity contribution in [2.75, 3.05) is 13.2 Å². The summed E-state index contributed by atoms with van der Waals surface area (Å²) in [6.07, 6.45) is 51.5. The summed E-state index contributed by atoms with van der Waals surface area (Å²) in [5.74, 6) is -1.32. The molecular weight excluding hydrogens is 883 g/mol. The zero-order valence-electron chi connectivity index (χ0n) is 43.6. The normalized spacial score (nSPS) is 20.6. The van der Waals surface area contributed by atoms with Gasteiger partial charge in [-0.1, -0.05) is 226 Å². The number of aliphatic hydroxyl groups is 5. The van der Waals surface area contributed by atoms with Gasteiger partial charge in [-0.3, -0.25) is 9.59 Å². The van der Waals surface area contributed by atoms with Gasteiger partial charge in [0.1, 0.15) is 24.4 Å². The summed E-state index contributed by atoms with van der Waals surface area (Å²) in [7, 11) is 0. The molecular formula is C59H97NO10. The van der Waals surface area contributed by atoms with Gasteiger partial charge in [-0.15, -0.1) is 0 Å². The monoisotopic (exact) mass is 980 g/mol. The lowest BCUT2D eigenvalue weighted by atomic mass is 9.99. The Morgan fingerprint density at radius 1 is 0.586 bits per heavy atom. The highest BCUT2D eigenvalue weighted by atomic mass is 16.7. The van der Waals surface area contributed by atoms with E-state index in [9.17, 15) is 35.1 Å². The van der Waals surface area contributed by atoms with Crippen LogP contribution < -0.4 is 5.32 Å². The van der Waals surface area contributed by atoms with Crippen molar-refractivity contribution in [1.29, 1.82) is 0 Å². The summed E-state index contributed by atoms with van der Waals surface area (Å²) in [6, 6.07) is -1.06. The minimum absolute atomic E-state index is 0.00574. The number of carbonyl (C=O) groups excluding carboxylic acids is 2. The highest BCUT2D eigenvalue weighted by Crippen LogP contribution is 2.26. The van der Waals surface area contributed by atoms with Gasteiger partial charge in [-0.2, -0.15) is 0 Å². The molecule has 1 fully saturated rings. The number of amides is 1. The predicted molar refractivity (Wildman–Crippen MR) is 287 cm³/mol. The van der Waals surface area contributed by atoms with Gasteiger partial charge >= 0.3 is 5.97 Å². The minimum atomic E-state index is -1.65. The van der Waals surface area contributed by atoms with E-state index in [0.29, 0.717) is 12.8 Å². The standard InChI is InChI=1S/C59H97NO10/c1-4-7-10-13-16-19-22-25-26-27-29-31-34-37-40-43-46-52(63)58(67)60-50(51(62)45-42-39-36-33-30-24-21-18-15-12-9-6-3)49-68-59-57(56(66)55(65)53(48-61)69-59)70-54(64)47-44-41-38-35-32-28-23-20-17-14-11-8-5-2/h7,10,13,16,19,22,25-29,31-32,34,38,41-42,45,50-53,55-57,59,61-63,65-66H,4-6,8-9,11-12,14-15,17-18,20-21,23-24,30,33,35-37,39-40,43-44,46-49H2,1-3H3,(H,60,67)/b10-7-,16-13+,22-19+,26-25-,29-27+,32-28-,34-31+,41-38+,45-42+. The van der Waals surface area contributed by atoms with Crippen LogP contribution in [0.2, 0.25) is 0 Å². The number of carbonyl (C=O) groups is 2. The molecule has 11 heteroatoms. The lowest BCUT2D eigenvalue weighted by Crippen LogP contribution is -2.61. The average molecular weight is 980 g/mol. The minimum Gasteiger partial charge on any atom is -0.454 e. The molecule has 0 aromatic carbocycles. The lowest BCUT2D eigenvalue weighted by molar-refractivity contribution is -0.305. The number of aliphatic hydroxyl groups excluding tert-OH is 5. The third-order valence-electron chi connectivity index (χ3n) is 12.1. The van der Waals surface area contributed by atoms with Crippen LogP contribution in [0.5, 0.6) is 0 Å². The molecule has 1 rings (SSSR count). The van der Waals surface area contributed by atoms with Crippen LogP contribution in [0, 0.1) is 0 Å². The van der Waals surface area contributed by atoms with Crippen molar-refractivity contribution in [3.63, 3.8) is 0 Å². The van der Waals surface area contributed by atoms with Gasteiger partial charge in [-0.25, -0.2) is 0 Å². The predicted octanol–water partition coefficient (Wildman–Crippen LogP) is 11.8. The Balaban J connectivity index is 2.85. The maximum Gasteiger partial charge on any atom is 0.306 e. The first kappa shape index (κ1) is 64.3. The third kappa shape index (κ3) is 34.6. The Morgan fingerprint density at radius 2 is 1.09 bits per heavy atom. The van der Waals surface area contributed by atoms with Crippen LogP contribution in [0.3, 0.4) is 0 Å². The second kappa shape index (κ2) is 46.4. The van der Waals surface area contributed by atoms with Crippen LogP contribution in [0.1, 0.15) is 188 Å². The fourth-order valence-corrected chi connectivity index (χ4v) is 7.73. The van der Waals surface area contributed by atoms with Crippen LogP contribution in [0.4, 0.5) is 0 Å². The van der Waals surface area contributed by atoms with Gasteiger partial charge in [0, 0.05) is 6.42 Å². The Bertz CT molecular complexity index is 1550. The van der Waals surface area contributed by atoms with Crippen molar-refractivity contribution >= 4 is 11.9 Å². The molecule has 1 aliphatic heterocycles. The molecule has 11 nitrogen and oxygen atoms in total. The SMILES string of the molecule is CC\C=C/C=C/C=C/C=C\C=C\C=C\CCCCC(O)C(=O)NC(COC1OC(CO)C(O)C(O)C1OC(=O)CC/C=C/C/C=C\CCCCCCCC)C(O)/C=C/CCCCCCCCCCCC. The number of ether oxygens (including phenoxy) is 3. The van der Waals surface area contributed by atoms with Crippen molar-refractivity contribution in [2.45, 2.75) is 237 Å². The van der Waals surface area contributed by atoms with Crippen molar-refractivity contribution < 1.29 is 49.3 Å². The Labute approximate surface area is 424 Å². The van der Waals surface area contributed by atoms with Gasteiger partial charge in [0.05, 0.1) is 25.4 Å². The van der Waals surface area contributed by atoms with Gasteiger partial charge in [0.2, 0.25) is 5.91 Å². The second-order valence-corrected chi connectivity index (χ2v) is 18.4. The highest BCUT2D eigenvalue weighted by Gasteiger charge is 2.47. The fraction of sp³-hybridized carbons (Fsp3) is 0.661. The maximum absolute atomic E-state index is 13.3. The molecule has 6 N–H and O–H groups in total. The maximum atomic E-state index is 13.3. The van der Waals surface area contributed by atoms with Crippen molar-refractivity contribution in [3.05, 3.63) is 109 Å². The van der Waals surface area contributed by atoms with Crippen LogP contribution in [-0.4, -0.2) is 99.6 Å². The molecule has 8 atom stereocenters. The Morgan fingerprint density at radius 3 is 1.66 bits per heavy atom. The number of rotatable bonds is 43. The van der Waals surface area contributed by atoms with Gasteiger partial charge in [-0.05, 0) is 64.2 Å². The van der Waals surface area contributed by atoms with E-state index in [1.807, 2.05) is 85.1 Å². The first-order chi connectivity index (χ1) is 34.2. The number of nitrogens with one attached hydrogen (secondary N) is 1. The molecule has 8 unspecified atom stereocenters. The molecule has 0 aromatic heterocycles.